The SMILES string of the molecule is CCCCOc1c(C)cc(-c2cc(C)c(OCC(=O)O)c(C)c2)cc1C. The van der Waals surface area contributed by atoms with E-state index in [0.29, 0.717) is 5.75 Å². The van der Waals surface area contributed by atoms with Gasteiger partial charge < -0.3 is 14.6 Å². The minimum absolute atomic E-state index is 0.330. The molecule has 0 spiro atoms. The molecule has 0 radical (unpaired) electrons. The number of ether oxygens (including phenoxy) is 2. The van der Waals surface area contributed by atoms with Gasteiger partial charge in [-0.3, -0.25) is 0 Å². The Morgan fingerprint density at radius 1 is 0.846 bits per heavy atom. The highest BCUT2D eigenvalue weighted by molar-refractivity contribution is 5.71. The van der Waals surface area contributed by atoms with Crippen molar-refractivity contribution in [2.45, 2.75) is 47.5 Å². The molecule has 0 saturated carbocycles. The van der Waals surface area contributed by atoms with Crippen LogP contribution in [-0.4, -0.2) is 24.3 Å². The van der Waals surface area contributed by atoms with E-state index in [9.17, 15) is 4.79 Å². The summed E-state index contributed by atoms with van der Waals surface area (Å²) in [6, 6.07) is 8.35. The largest absolute Gasteiger partial charge is 0.493 e. The number of carbonyl (C=O) groups is 1. The van der Waals surface area contributed by atoms with Crippen molar-refractivity contribution < 1.29 is 19.4 Å². The number of hydrogen-bond donors (Lipinski definition) is 1. The maximum atomic E-state index is 10.7. The van der Waals surface area contributed by atoms with Crippen LogP contribution in [0, 0.1) is 27.7 Å². The Labute approximate surface area is 155 Å². The van der Waals surface area contributed by atoms with Crippen molar-refractivity contribution in [1.82, 2.24) is 0 Å². The monoisotopic (exact) mass is 356 g/mol. The predicted octanol–water partition coefficient (Wildman–Crippen LogP) is 5.23. The standard InChI is InChI=1S/C22H28O4/c1-6-7-8-25-21-14(2)9-18(10-15(21)3)19-11-16(4)22(17(5)12-19)26-13-20(23)24/h9-12H,6-8,13H2,1-5H3,(H,23,24). The fourth-order valence-corrected chi connectivity index (χ4v) is 3.14. The maximum Gasteiger partial charge on any atom is 0.341 e. The van der Waals surface area contributed by atoms with Crippen LogP contribution in [0.2, 0.25) is 0 Å². The Bertz CT molecular complexity index is 747. The van der Waals surface area contributed by atoms with E-state index in [4.69, 9.17) is 14.6 Å². The molecule has 140 valence electrons. The first-order chi connectivity index (χ1) is 12.3. The summed E-state index contributed by atoms with van der Waals surface area (Å²) in [5.41, 5.74) is 6.32. The fraction of sp³-hybridized carbons (Fsp3) is 0.409. The van der Waals surface area contributed by atoms with Crippen LogP contribution in [0.4, 0.5) is 0 Å². The van der Waals surface area contributed by atoms with Gasteiger partial charge in [0.25, 0.3) is 0 Å². The third kappa shape index (κ3) is 4.78. The van der Waals surface area contributed by atoms with Crippen molar-refractivity contribution in [2.24, 2.45) is 0 Å². The normalized spacial score (nSPS) is 10.7. The highest BCUT2D eigenvalue weighted by atomic mass is 16.5. The van der Waals surface area contributed by atoms with Gasteiger partial charge in [0.15, 0.2) is 6.61 Å². The second kappa shape index (κ2) is 8.75. The second-order valence-electron chi connectivity index (χ2n) is 6.76. The molecule has 0 bridgehead atoms. The topological polar surface area (TPSA) is 55.8 Å². The summed E-state index contributed by atoms with van der Waals surface area (Å²) in [5, 5.41) is 8.82. The Hall–Kier alpha value is -2.49. The van der Waals surface area contributed by atoms with Gasteiger partial charge in [-0.25, -0.2) is 4.79 Å². The molecular formula is C22H28O4. The van der Waals surface area contributed by atoms with E-state index in [-0.39, 0.29) is 6.61 Å². The molecule has 4 nitrogen and oxygen atoms in total. The average molecular weight is 356 g/mol. The van der Waals surface area contributed by atoms with Crippen molar-refractivity contribution in [3.8, 4) is 22.6 Å². The van der Waals surface area contributed by atoms with E-state index in [1.54, 1.807) is 0 Å². The summed E-state index contributed by atoms with van der Waals surface area (Å²) in [4.78, 5) is 10.7. The maximum absolute atomic E-state index is 10.7. The highest BCUT2D eigenvalue weighted by Gasteiger charge is 2.12. The smallest absolute Gasteiger partial charge is 0.341 e. The van der Waals surface area contributed by atoms with Crippen LogP contribution in [0.5, 0.6) is 11.5 Å². The molecule has 2 aromatic carbocycles. The summed E-state index contributed by atoms with van der Waals surface area (Å²) >= 11 is 0. The Balaban J connectivity index is 2.32. The van der Waals surface area contributed by atoms with E-state index >= 15 is 0 Å². The Kier molecular flexibility index (Phi) is 6.67. The number of carboxylic acids is 1. The molecule has 0 atom stereocenters. The first-order valence-electron chi connectivity index (χ1n) is 9.03. The number of benzene rings is 2. The number of rotatable bonds is 8. The van der Waals surface area contributed by atoms with Gasteiger partial charge in [0.05, 0.1) is 6.61 Å². The average Bonchev–Trinajstić information content (AvgIpc) is 2.56. The molecule has 0 aliphatic carbocycles. The van der Waals surface area contributed by atoms with Crippen molar-refractivity contribution in [1.29, 1.82) is 0 Å². The van der Waals surface area contributed by atoms with Crippen molar-refractivity contribution in [3.63, 3.8) is 0 Å². The van der Waals surface area contributed by atoms with Crippen LogP contribution in [0.15, 0.2) is 24.3 Å². The van der Waals surface area contributed by atoms with Gasteiger partial charge in [-0.15, -0.1) is 0 Å². The van der Waals surface area contributed by atoms with E-state index in [2.05, 4.69) is 32.9 Å². The lowest BCUT2D eigenvalue weighted by atomic mass is 9.96. The fourth-order valence-electron chi connectivity index (χ4n) is 3.14. The van der Waals surface area contributed by atoms with Crippen molar-refractivity contribution in [3.05, 3.63) is 46.5 Å². The third-order valence-electron chi connectivity index (χ3n) is 4.34. The lowest BCUT2D eigenvalue weighted by Gasteiger charge is -2.16. The first kappa shape index (κ1) is 19.8. The summed E-state index contributed by atoms with van der Waals surface area (Å²) in [5.74, 6) is 0.638. The van der Waals surface area contributed by atoms with Gasteiger partial charge in [0.2, 0.25) is 0 Å². The third-order valence-corrected chi connectivity index (χ3v) is 4.34. The lowest BCUT2D eigenvalue weighted by molar-refractivity contribution is -0.139. The van der Waals surface area contributed by atoms with Crippen LogP contribution in [-0.2, 0) is 4.79 Å². The molecule has 0 fully saturated rings. The first-order valence-corrected chi connectivity index (χ1v) is 9.03. The van der Waals surface area contributed by atoms with Crippen LogP contribution in [0.1, 0.15) is 42.0 Å². The van der Waals surface area contributed by atoms with E-state index in [0.717, 1.165) is 58.6 Å². The number of aliphatic carboxylic acids is 1. The van der Waals surface area contributed by atoms with Gasteiger partial charge in [-0.2, -0.15) is 0 Å². The van der Waals surface area contributed by atoms with Crippen LogP contribution in [0.25, 0.3) is 11.1 Å². The van der Waals surface area contributed by atoms with Crippen LogP contribution < -0.4 is 9.47 Å². The van der Waals surface area contributed by atoms with Gasteiger partial charge in [-0.1, -0.05) is 13.3 Å². The Morgan fingerprint density at radius 2 is 1.27 bits per heavy atom. The minimum atomic E-state index is -0.974. The van der Waals surface area contributed by atoms with E-state index in [1.165, 1.54) is 0 Å². The molecule has 0 unspecified atom stereocenters. The molecule has 0 aliphatic heterocycles. The summed E-state index contributed by atoms with van der Waals surface area (Å²) in [6.07, 6.45) is 2.17. The second-order valence-corrected chi connectivity index (χ2v) is 6.76. The molecule has 0 saturated heterocycles. The molecule has 0 aromatic heterocycles. The molecule has 0 amide bonds. The zero-order valence-corrected chi connectivity index (χ0v) is 16.3. The molecule has 4 heteroatoms. The summed E-state index contributed by atoms with van der Waals surface area (Å²) in [7, 11) is 0. The minimum Gasteiger partial charge on any atom is -0.493 e. The van der Waals surface area contributed by atoms with Gasteiger partial charge in [0, 0.05) is 0 Å². The van der Waals surface area contributed by atoms with E-state index in [1.807, 2.05) is 26.0 Å². The van der Waals surface area contributed by atoms with Gasteiger partial charge in [-0.05, 0) is 91.8 Å². The molecule has 26 heavy (non-hydrogen) atoms. The van der Waals surface area contributed by atoms with Gasteiger partial charge >= 0.3 is 5.97 Å². The Morgan fingerprint density at radius 3 is 1.65 bits per heavy atom. The molecular weight excluding hydrogens is 328 g/mol. The number of unbranched alkanes of at least 4 members (excludes halogenated alkanes) is 1. The van der Waals surface area contributed by atoms with Crippen molar-refractivity contribution in [2.75, 3.05) is 13.2 Å². The quantitative estimate of drug-likeness (QED) is 0.658. The number of carboxylic acid groups (broad SMARTS) is 1. The summed E-state index contributed by atoms with van der Waals surface area (Å²) in [6.45, 7) is 10.6. The number of hydrogen-bond acceptors (Lipinski definition) is 3. The molecule has 2 aromatic rings. The highest BCUT2D eigenvalue weighted by Crippen LogP contribution is 2.34. The molecule has 0 heterocycles. The van der Waals surface area contributed by atoms with Crippen molar-refractivity contribution >= 4 is 5.97 Å². The van der Waals surface area contributed by atoms with Crippen LogP contribution in [0.3, 0.4) is 0 Å². The lowest BCUT2D eigenvalue weighted by Crippen LogP contribution is -2.11. The van der Waals surface area contributed by atoms with E-state index < -0.39 is 5.97 Å². The zero-order valence-electron chi connectivity index (χ0n) is 16.3. The zero-order chi connectivity index (χ0) is 19.3. The number of aryl methyl sites for hydroxylation is 4. The van der Waals surface area contributed by atoms with Crippen LogP contribution >= 0.6 is 0 Å². The molecule has 0 aliphatic rings. The predicted molar refractivity (Wildman–Crippen MR) is 104 cm³/mol. The molecule has 1 N–H and O–H groups in total. The summed E-state index contributed by atoms with van der Waals surface area (Å²) < 4.78 is 11.4. The molecule has 2 rings (SSSR count). The van der Waals surface area contributed by atoms with Gasteiger partial charge in [0.1, 0.15) is 11.5 Å².